The first-order chi connectivity index (χ1) is 7.07. The third kappa shape index (κ3) is 8.30. The number of nitrogens with one attached hydrogen (secondary N) is 1. The summed E-state index contributed by atoms with van der Waals surface area (Å²) in [4.78, 5) is 21.4. The predicted molar refractivity (Wildman–Crippen MR) is 62.1 cm³/mol. The molecule has 0 aliphatic rings. The van der Waals surface area contributed by atoms with Gasteiger partial charge >= 0.3 is 5.97 Å². The standard InChI is InChI=1S/C10H19NO3S/c1-3-4-6-15-7-5-9(10(13)14)11-8(2)12/h9H,3-7H2,1-2H3,(H,11,12)(H,13,14). The Morgan fingerprint density at radius 1 is 1.40 bits per heavy atom. The van der Waals surface area contributed by atoms with Gasteiger partial charge in [0, 0.05) is 6.92 Å². The van der Waals surface area contributed by atoms with Crippen molar-refractivity contribution < 1.29 is 14.7 Å². The zero-order valence-corrected chi connectivity index (χ0v) is 10.1. The molecule has 0 aromatic rings. The first-order valence-corrected chi connectivity index (χ1v) is 6.31. The van der Waals surface area contributed by atoms with Crippen LogP contribution >= 0.6 is 11.8 Å². The Balaban J connectivity index is 3.67. The molecule has 15 heavy (non-hydrogen) atoms. The predicted octanol–water partition coefficient (Wildman–Crippen LogP) is 1.50. The first-order valence-electron chi connectivity index (χ1n) is 5.15. The minimum Gasteiger partial charge on any atom is -0.480 e. The van der Waals surface area contributed by atoms with Crippen molar-refractivity contribution in [1.82, 2.24) is 5.32 Å². The number of thioether (sulfide) groups is 1. The molecular weight excluding hydrogens is 214 g/mol. The molecule has 0 fully saturated rings. The molecule has 0 saturated heterocycles. The minimum absolute atomic E-state index is 0.291. The number of amides is 1. The number of carboxylic acid groups (broad SMARTS) is 1. The Labute approximate surface area is 94.8 Å². The Hall–Kier alpha value is -0.710. The average molecular weight is 233 g/mol. The molecule has 88 valence electrons. The smallest absolute Gasteiger partial charge is 0.326 e. The summed E-state index contributed by atoms with van der Waals surface area (Å²) < 4.78 is 0. The molecule has 1 unspecified atom stereocenters. The molecule has 0 radical (unpaired) electrons. The molecule has 1 atom stereocenters. The summed E-state index contributed by atoms with van der Waals surface area (Å²) in [6.45, 7) is 3.46. The second-order valence-electron chi connectivity index (χ2n) is 3.35. The van der Waals surface area contributed by atoms with E-state index in [4.69, 9.17) is 5.11 Å². The van der Waals surface area contributed by atoms with Crippen LogP contribution in [0.5, 0.6) is 0 Å². The van der Waals surface area contributed by atoms with Crippen LogP contribution in [0.4, 0.5) is 0 Å². The summed E-state index contributed by atoms with van der Waals surface area (Å²) in [5, 5.41) is 11.2. The number of rotatable bonds is 8. The molecule has 0 rings (SSSR count). The lowest BCUT2D eigenvalue weighted by Crippen LogP contribution is -2.39. The number of carbonyl (C=O) groups is 2. The van der Waals surface area contributed by atoms with Gasteiger partial charge in [-0.25, -0.2) is 4.79 Å². The highest BCUT2D eigenvalue weighted by atomic mass is 32.2. The summed E-state index contributed by atoms with van der Waals surface area (Å²) in [7, 11) is 0. The van der Waals surface area contributed by atoms with E-state index in [0.717, 1.165) is 24.3 Å². The zero-order valence-electron chi connectivity index (χ0n) is 9.28. The van der Waals surface area contributed by atoms with Gasteiger partial charge in [-0.3, -0.25) is 4.79 Å². The lowest BCUT2D eigenvalue weighted by Gasteiger charge is -2.12. The van der Waals surface area contributed by atoms with Crippen LogP contribution in [0.3, 0.4) is 0 Å². The van der Waals surface area contributed by atoms with Gasteiger partial charge in [0.05, 0.1) is 0 Å². The lowest BCUT2D eigenvalue weighted by atomic mass is 10.2. The quantitative estimate of drug-likeness (QED) is 0.623. The second-order valence-corrected chi connectivity index (χ2v) is 4.57. The number of hydrogen-bond donors (Lipinski definition) is 2. The number of aliphatic carboxylic acids is 1. The van der Waals surface area contributed by atoms with E-state index in [1.807, 2.05) is 0 Å². The molecule has 5 heteroatoms. The Morgan fingerprint density at radius 2 is 2.07 bits per heavy atom. The van der Waals surface area contributed by atoms with Crippen LogP contribution in [0.1, 0.15) is 33.1 Å². The number of carbonyl (C=O) groups excluding carboxylic acids is 1. The van der Waals surface area contributed by atoms with Gasteiger partial charge in [-0.15, -0.1) is 0 Å². The van der Waals surface area contributed by atoms with Crippen LogP contribution in [0.15, 0.2) is 0 Å². The van der Waals surface area contributed by atoms with E-state index >= 15 is 0 Å². The van der Waals surface area contributed by atoms with Crippen molar-refractivity contribution >= 4 is 23.6 Å². The summed E-state index contributed by atoms with van der Waals surface area (Å²) in [5.41, 5.74) is 0. The van der Waals surface area contributed by atoms with Gasteiger partial charge in [0.15, 0.2) is 0 Å². The molecule has 0 aliphatic heterocycles. The van der Waals surface area contributed by atoms with Crippen LogP contribution < -0.4 is 5.32 Å². The monoisotopic (exact) mass is 233 g/mol. The zero-order chi connectivity index (χ0) is 11.7. The molecule has 0 aromatic carbocycles. The minimum atomic E-state index is -0.957. The van der Waals surface area contributed by atoms with Crippen molar-refractivity contribution in [2.24, 2.45) is 0 Å². The normalized spacial score (nSPS) is 12.1. The molecular formula is C10H19NO3S. The van der Waals surface area contributed by atoms with Crippen molar-refractivity contribution in [1.29, 1.82) is 0 Å². The molecule has 0 saturated carbocycles. The fraction of sp³-hybridized carbons (Fsp3) is 0.800. The Morgan fingerprint density at radius 3 is 2.53 bits per heavy atom. The summed E-state index contributed by atoms with van der Waals surface area (Å²) >= 11 is 1.74. The molecule has 4 nitrogen and oxygen atoms in total. The summed E-state index contributed by atoms with van der Waals surface area (Å²) in [6, 6.07) is -0.739. The SMILES string of the molecule is CCCCSCCC(NC(C)=O)C(=O)O. The van der Waals surface area contributed by atoms with Gasteiger partial charge < -0.3 is 10.4 Å². The van der Waals surface area contributed by atoms with Gasteiger partial charge in [0.2, 0.25) is 5.91 Å². The topological polar surface area (TPSA) is 66.4 Å². The van der Waals surface area contributed by atoms with Crippen molar-refractivity contribution in [3.05, 3.63) is 0 Å². The third-order valence-electron chi connectivity index (χ3n) is 1.87. The first kappa shape index (κ1) is 14.3. The van der Waals surface area contributed by atoms with Gasteiger partial charge in [0.1, 0.15) is 6.04 Å². The molecule has 0 spiro atoms. The third-order valence-corrected chi connectivity index (χ3v) is 2.97. The number of unbranched alkanes of at least 4 members (excludes halogenated alkanes) is 1. The van der Waals surface area contributed by atoms with Crippen molar-refractivity contribution in [2.45, 2.75) is 39.2 Å². The second kappa shape index (κ2) is 8.59. The van der Waals surface area contributed by atoms with E-state index in [1.54, 1.807) is 11.8 Å². The van der Waals surface area contributed by atoms with E-state index < -0.39 is 12.0 Å². The van der Waals surface area contributed by atoms with Crippen molar-refractivity contribution in [3.8, 4) is 0 Å². The van der Waals surface area contributed by atoms with Crippen LogP contribution in [0, 0.1) is 0 Å². The highest BCUT2D eigenvalue weighted by molar-refractivity contribution is 7.99. The van der Waals surface area contributed by atoms with Gasteiger partial charge in [0.25, 0.3) is 0 Å². The maximum atomic E-state index is 10.7. The van der Waals surface area contributed by atoms with Crippen LogP contribution in [0.2, 0.25) is 0 Å². The molecule has 0 heterocycles. The molecule has 0 bridgehead atoms. The highest BCUT2D eigenvalue weighted by Gasteiger charge is 2.17. The van der Waals surface area contributed by atoms with Crippen LogP contribution in [-0.2, 0) is 9.59 Å². The maximum Gasteiger partial charge on any atom is 0.326 e. The van der Waals surface area contributed by atoms with E-state index in [9.17, 15) is 9.59 Å². The Bertz CT molecular complexity index is 209. The maximum absolute atomic E-state index is 10.7. The summed E-state index contributed by atoms with van der Waals surface area (Å²) in [5.74, 6) is 0.586. The fourth-order valence-corrected chi connectivity index (χ4v) is 2.15. The van der Waals surface area contributed by atoms with E-state index in [1.165, 1.54) is 6.92 Å². The number of carboxylic acids is 1. The van der Waals surface area contributed by atoms with E-state index in [0.29, 0.717) is 6.42 Å². The average Bonchev–Trinajstić information content (AvgIpc) is 2.15. The summed E-state index contributed by atoms with van der Waals surface area (Å²) in [6.07, 6.45) is 2.80. The molecule has 0 aromatic heterocycles. The molecule has 1 amide bonds. The van der Waals surface area contributed by atoms with Crippen molar-refractivity contribution in [2.75, 3.05) is 11.5 Å². The van der Waals surface area contributed by atoms with E-state index in [2.05, 4.69) is 12.2 Å². The van der Waals surface area contributed by atoms with E-state index in [-0.39, 0.29) is 5.91 Å². The van der Waals surface area contributed by atoms with Gasteiger partial charge in [-0.2, -0.15) is 11.8 Å². The Kier molecular flexibility index (Phi) is 8.18. The fourth-order valence-electron chi connectivity index (χ4n) is 1.05. The molecule has 0 aliphatic carbocycles. The number of hydrogen-bond acceptors (Lipinski definition) is 3. The van der Waals surface area contributed by atoms with Gasteiger partial charge in [-0.05, 0) is 24.3 Å². The highest BCUT2D eigenvalue weighted by Crippen LogP contribution is 2.08. The largest absolute Gasteiger partial charge is 0.480 e. The van der Waals surface area contributed by atoms with Crippen molar-refractivity contribution in [3.63, 3.8) is 0 Å². The van der Waals surface area contributed by atoms with Gasteiger partial charge in [-0.1, -0.05) is 13.3 Å². The van der Waals surface area contributed by atoms with Crippen LogP contribution in [-0.4, -0.2) is 34.5 Å². The molecule has 2 N–H and O–H groups in total. The lowest BCUT2D eigenvalue weighted by molar-refractivity contribution is -0.141. The van der Waals surface area contributed by atoms with Crippen LogP contribution in [0.25, 0.3) is 0 Å².